The largest absolute Gasteiger partial charge is 0.490 e. The van der Waals surface area contributed by atoms with Gasteiger partial charge in [0.25, 0.3) is 0 Å². The van der Waals surface area contributed by atoms with Gasteiger partial charge in [-0.1, -0.05) is 48.5 Å². The number of carbonyl (C=O) groups excluding carboxylic acids is 1. The van der Waals surface area contributed by atoms with Gasteiger partial charge in [0.05, 0.1) is 10.5 Å². The lowest BCUT2D eigenvalue weighted by atomic mass is 9.97. The maximum atomic E-state index is 12.9. The fraction of sp³-hybridized carbons (Fsp3) is 0.0870. The zero-order valence-electron chi connectivity index (χ0n) is 15.9. The maximum absolute atomic E-state index is 12.9. The summed E-state index contributed by atoms with van der Waals surface area (Å²) in [4.78, 5) is 12.9. The van der Waals surface area contributed by atoms with Gasteiger partial charge in [-0.05, 0) is 51.9 Å². The van der Waals surface area contributed by atoms with Gasteiger partial charge in [0.2, 0.25) is 10.0 Å². The molecular formula is C23H19NO5S. The average Bonchev–Trinajstić information content (AvgIpc) is 2.74. The highest BCUT2D eigenvalue weighted by atomic mass is 32.2. The van der Waals surface area contributed by atoms with Crippen LogP contribution in [-0.4, -0.2) is 27.6 Å². The summed E-state index contributed by atoms with van der Waals surface area (Å²) in [6.07, 6.45) is 0. The van der Waals surface area contributed by atoms with Gasteiger partial charge in [0, 0.05) is 0 Å². The summed E-state index contributed by atoms with van der Waals surface area (Å²) in [5.41, 5.74) is 0.529. The fourth-order valence-electron chi connectivity index (χ4n) is 3.33. The molecule has 0 aliphatic rings. The second-order valence-electron chi connectivity index (χ2n) is 6.69. The molecule has 0 spiro atoms. The van der Waals surface area contributed by atoms with Gasteiger partial charge in [0.1, 0.15) is 19.0 Å². The minimum Gasteiger partial charge on any atom is -0.490 e. The summed E-state index contributed by atoms with van der Waals surface area (Å²) in [7, 11) is -3.75. The Morgan fingerprint density at radius 1 is 0.800 bits per heavy atom. The average molecular weight is 421 g/mol. The summed E-state index contributed by atoms with van der Waals surface area (Å²) in [6, 6.07) is 23.2. The minimum absolute atomic E-state index is 0.00381. The molecule has 30 heavy (non-hydrogen) atoms. The van der Waals surface area contributed by atoms with Gasteiger partial charge >= 0.3 is 5.97 Å². The number of esters is 1. The monoisotopic (exact) mass is 421 g/mol. The summed E-state index contributed by atoms with van der Waals surface area (Å²) >= 11 is 0. The first kappa shape index (κ1) is 19.9. The predicted octanol–water partition coefficient (Wildman–Crippen LogP) is 3.88. The smallest absolute Gasteiger partial charge is 0.339 e. The van der Waals surface area contributed by atoms with E-state index in [2.05, 4.69) is 6.07 Å². The normalized spacial score (nSPS) is 11.5. The van der Waals surface area contributed by atoms with E-state index in [0.717, 1.165) is 21.5 Å². The van der Waals surface area contributed by atoms with Crippen molar-refractivity contribution >= 4 is 37.5 Å². The molecule has 0 aliphatic carbocycles. The number of carbonyl (C=O) groups is 1. The highest BCUT2D eigenvalue weighted by Crippen LogP contribution is 2.29. The lowest BCUT2D eigenvalue weighted by Gasteiger charge is -2.12. The molecule has 0 amide bonds. The summed E-state index contributed by atoms with van der Waals surface area (Å²) in [5.74, 6) is 0.0326. The molecule has 0 heterocycles. The molecule has 2 N–H and O–H groups in total. The van der Waals surface area contributed by atoms with Crippen molar-refractivity contribution in [3.8, 4) is 5.75 Å². The van der Waals surface area contributed by atoms with Gasteiger partial charge in [0.15, 0.2) is 0 Å². The predicted molar refractivity (Wildman–Crippen MR) is 115 cm³/mol. The van der Waals surface area contributed by atoms with Crippen LogP contribution in [0.1, 0.15) is 10.4 Å². The van der Waals surface area contributed by atoms with E-state index in [4.69, 9.17) is 14.6 Å². The Balaban J connectivity index is 1.47. The van der Waals surface area contributed by atoms with Crippen LogP contribution in [0.25, 0.3) is 21.5 Å². The molecule has 4 aromatic carbocycles. The van der Waals surface area contributed by atoms with Crippen molar-refractivity contribution in [1.82, 2.24) is 0 Å². The summed E-state index contributed by atoms with van der Waals surface area (Å²) < 4.78 is 33.5. The molecule has 152 valence electrons. The Morgan fingerprint density at radius 2 is 1.37 bits per heavy atom. The van der Waals surface area contributed by atoms with Crippen molar-refractivity contribution < 1.29 is 22.7 Å². The lowest BCUT2D eigenvalue weighted by molar-refractivity contribution is 0.0455. The first-order valence-electron chi connectivity index (χ1n) is 9.27. The molecule has 0 fully saturated rings. The van der Waals surface area contributed by atoms with Crippen molar-refractivity contribution in [3.63, 3.8) is 0 Å². The number of rotatable bonds is 6. The van der Waals surface area contributed by atoms with Crippen LogP contribution in [0.15, 0.2) is 83.8 Å². The van der Waals surface area contributed by atoms with Crippen LogP contribution in [-0.2, 0) is 14.8 Å². The van der Waals surface area contributed by atoms with Crippen molar-refractivity contribution in [2.45, 2.75) is 4.90 Å². The van der Waals surface area contributed by atoms with Crippen LogP contribution >= 0.6 is 0 Å². The first-order chi connectivity index (χ1) is 14.4. The van der Waals surface area contributed by atoms with Gasteiger partial charge in [-0.2, -0.15) is 0 Å². The molecule has 0 atom stereocenters. The number of hydrogen-bond donors (Lipinski definition) is 1. The molecule has 0 aromatic heterocycles. The lowest BCUT2D eigenvalue weighted by Crippen LogP contribution is -2.14. The maximum Gasteiger partial charge on any atom is 0.339 e. The standard InChI is InChI=1S/C23H19NO5S/c24-30(26,27)19-11-9-18(10-12-19)28-13-14-29-23(25)22-20-7-3-1-5-16(20)15-17-6-2-4-8-21(17)22/h1-12,15H,13-14H2,(H2,24,26,27). The zero-order valence-corrected chi connectivity index (χ0v) is 16.8. The van der Waals surface area contributed by atoms with Crippen LogP contribution in [0.5, 0.6) is 5.75 Å². The molecule has 4 aromatic rings. The summed E-state index contributed by atoms with van der Waals surface area (Å²) in [5, 5.41) is 8.67. The molecule has 0 saturated heterocycles. The van der Waals surface area contributed by atoms with Crippen molar-refractivity contribution in [2.24, 2.45) is 5.14 Å². The van der Waals surface area contributed by atoms with Gasteiger partial charge in [-0.25, -0.2) is 18.4 Å². The van der Waals surface area contributed by atoms with E-state index in [0.29, 0.717) is 11.3 Å². The summed E-state index contributed by atoms with van der Waals surface area (Å²) in [6.45, 7) is 0.177. The number of primary sulfonamides is 1. The van der Waals surface area contributed by atoms with Crippen molar-refractivity contribution in [2.75, 3.05) is 13.2 Å². The Bertz CT molecular complexity index is 1280. The van der Waals surface area contributed by atoms with Crippen molar-refractivity contribution in [1.29, 1.82) is 0 Å². The van der Waals surface area contributed by atoms with E-state index in [-0.39, 0.29) is 18.1 Å². The zero-order chi connectivity index (χ0) is 21.1. The number of benzene rings is 4. The van der Waals surface area contributed by atoms with E-state index in [1.54, 1.807) is 0 Å². The van der Waals surface area contributed by atoms with Crippen LogP contribution in [0.3, 0.4) is 0 Å². The third kappa shape index (κ3) is 4.12. The highest BCUT2D eigenvalue weighted by molar-refractivity contribution is 7.89. The van der Waals surface area contributed by atoms with Gasteiger partial charge in [-0.15, -0.1) is 0 Å². The second kappa shape index (κ2) is 8.14. The second-order valence-corrected chi connectivity index (χ2v) is 8.26. The Labute approximate surface area is 173 Å². The Morgan fingerprint density at radius 3 is 1.93 bits per heavy atom. The number of nitrogens with two attached hydrogens (primary N) is 1. The number of sulfonamides is 1. The van der Waals surface area contributed by atoms with Crippen molar-refractivity contribution in [3.05, 3.63) is 84.4 Å². The number of hydrogen-bond acceptors (Lipinski definition) is 5. The third-order valence-electron chi connectivity index (χ3n) is 4.71. The molecule has 6 nitrogen and oxygen atoms in total. The van der Waals surface area contributed by atoms with E-state index < -0.39 is 16.0 Å². The minimum atomic E-state index is -3.75. The molecule has 4 rings (SSSR count). The molecule has 0 unspecified atom stereocenters. The molecule has 0 aliphatic heterocycles. The Kier molecular flexibility index (Phi) is 5.39. The SMILES string of the molecule is NS(=O)(=O)c1ccc(OCCOC(=O)c2c3ccccc3cc3ccccc23)cc1. The van der Waals surface area contributed by atoms with Crippen LogP contribution < -0.4 is 9.88 Å². The van der Waals surface area contributed by atoms with E-state index in [1.807, 2.05) is 48.5 Å². The molecule has 0 saturated carbocycles. The van der Waals surface area contributed by atoms with Gasteiger partial charge in [-0.3, -0.25) is 0 Å². The van der Waals surface area contributed by atoms with Crippen LogP contribution in [0, 0.1) is 0 Å². The third-order valence-corrected chi connectivity index (χ3v) is 5.64. The molecule has 0 radical (unpaired) electrons. The van der Waals surface area contributed by atoms with Crippen LogP contribution in [0.2, 0.25) is 0 Å². The fourth-order valence-corrected chi connectivity index (χ4v) is 3.84. The van der Waals surface area contributed by atoms with E-state index in [9.17, 15) is 13.2 Å². The molecule has 0 bridgehead atoms. The quantitative estimate of drug-likeness (QED) is 0.290. The van der Waals surface area contributed by atoms with E-state index >= 15 is 0 Å². The number of fused-ring (bicyclic) bond motifs is 2. The van der Waals surface area contributed by atoms with Gasteiger partial charge < -0.3 is 9.47 Å². The molecular weight excluding hydrogens is 402 g/mol. The van der Waals surface area contributed by atoms with Crippen LogP contribution in [0.4, 0.5) is 0 Å². The first-order valence-corrected chi connectivity index (χ1v) is 10.8. The highest BCUT2D eigenvalue weighted by Gasteiger charge is 2.16. The Hall–Kier alpha value is -3.42. The molecule has 7 heteroatoms. The topological polar surface area (TPSA) is 95.7 Å². The van der Waals surface area contributed by atoms with E-state index in [1.165, 1.54) is 24.3 Å². The number of ether oxygens (including phenoxy) is 2.